The van der Waals surface area contributed by atoms with Crippen molar-refractivity contribution in [1.29, 1.82) is 0 Å². The summed E-state index contributed by atoms with van der Waals surface area (Å²) in [6.07, 6.45) is 12.9. The van der Waals surface area contributed by atoms with Gasteiger partial charge in [0.2, 0.25) is 0 Å². The fourth-order valence-corrected chi connectivity index (χ4v) is 8.65. The minimum atomic E-state index is -0.331. The molecule has 2 spiro atoms. The molecular formula is C31H35NO3. The van der Waals surface area contributed by atoms with Crippen LogP contribution >= 0.6 is 0 Å². The summed E-state index contributed by atoms with van der Waals surface area (Å²) >= 11 is 0. The number of carbonyl (C=O) groups excluding carboxylic acids is 1. The zero-order valence-electron chi connectivity index (χ0n) is 20.8. The van der Waals surface area contributed by atoms with Crippen molar-refractivity contribution in [2.45, 2.75) is 81.5 Å². The average molecular weight is 470 g/mol. The zero-order chi connectivity index (χ0) is 23.8. The molecular weight excluding hydrogens is 434 g/mol. The molecule has 0 radical (unpaired) electrons. The number of hydrogen-bond donors (Lipinski definition) is 1. The van der Waals surface area contributed by atoms with Gasteiger partial charge in [-0.25, -0.2) is 4.79 Å². The zero-order valence-corrected chi connectivity index (χ0v) is 20.8. The lowest BCUT2D eigenvalue weighted by atomic mass is 9.58. The number of ether oxygens (including phenoxy) is 2. The molecule has 1 unspecified atom stereocenters. The molecule has 2 aliphatic heterocycles. The second kappa shape index (κ2) is 7.46. The number of alkyl carbamates (subject to hydrolysis) is 1. The van der Waals surface area contributed by atoms with Crippen LogP contribution in [-0.2, 0) is 9.47 Å². The van der Waals surface area contributed by atoms with Gasteiger partial charge in [-0.3, -0.25) is 0 Å². The smallest absolute Gasteiger partial charge is 0.407 e. The average Bonchev–Trinajstić information content (AvgIpc) is 3.38. The Bertz CT molecular complexity index is 1280. The van der Waals surface area contributed by atoms with E-state index in [1.54, 1.807) is 7.05 Å². The Kier molecular flexibility index (Phi) is 4.62. The van der Waals surface area contributed by atoms with Crippen LogP contribution in [0, 0.1) is 11.3 Å². The largest absolute Gasteiger partial charge is 0.446 e. The maximum atomic E-state index is 11.9. The first-order valence-corrected chi connectivity index (χ1v) is 13.4. The number of fused-ring (bicyclic) bond motifs is 2. The fourth-order valence-electron chi connectivity index (χ4n) is 8.65. The predicted octanol–water partition coefficient (Wildman–Crippen LogP) is 6.81. The van der Waals surface area contributed by atoms with Crippen LogP contribution in [0.2, 0.25) is 0 Å². The molecule has 1 saturated heterocycles. The molecule has 6 atom stereocenters. The molecule has 1 amide bonds. The first kappa shape index (κ1) is 21.7. The van der Waals surface area contributed by atoms with Crippen LogP contribution in [0.3, 0.4) is 0 Å². The number of nitrogens with one attached hydrogen (secondary N) is 1. The Balaban J connectivity index is 1.23. The van der Waals surface area contributed by atoms with Crippen LogP contribution in [0.25, 0.3) is 10.8 Å². The highest BCUT2D eigenvalue weighted by molar-refractivity contribution is 5.83. The molecule has 2 aromatic rings. The number of hydrogen-bond acceptors (Lipinski definition) is 3. The summed E-state index contributed by atoms with van der Waals surface area (Å²) in [5.41, 5.74) is 4.10. The van der Waals surface area contributed by atoms with Crippen molar-refractivity contribution in [3.05, 3.63) is 71.3 Å². The van der Waals surface area contributed by atoms with Crippen LogP contribution in [0.15, 0.2) is 65.8 Å². The monoisotopic (exact) mass is 469 g/mol. The summed E-state index contributed by atoms with van der Waals surface area (Å²) in [4.78, 5) is 11.9. The van der Waals surface area contributed by atoms with Gasteiger partial charge in [0.25, 0.3) is 0 Å². The molecule has 4 nitrogen and oxygen atoms in total. The maximum Gasteiger partial charge on any atom is 0.407 e. The Hall–Kier alpha value is -2.59. The number of amides is 1. The Morgan fingerprint density at radius 2 is 1.94 bits per heavy atom. The Labute approximate surface area is 207 Å². The van der Waals surface area contributed by atoms with Crippen molar-refractivity contribution >= 4 is 16.9 Å². The van der Waals surface area contributed by atoms with Crippen LogP contribution in [0.1, 0.15) is 69.8 Å². The number of carbonyl (C=O) groups is 1. The van der Waals surface area contributed by atoms with Crippen LogP contribution < -0.4 is 5.32 Å². The van der Waals surface area contributed by atoms with Gasteiger partial charge in [-0.1, -0.05) is 61.5 Å². The van der Waals surface area contributed by atoms with Gasteiger partial charge in [-0.2, -0.15) is 0 Å². The molecule has 2 heterocycles. The SMILES string of the molecule is CNC(=O)O[C@H]1CCC2=CC3=CC[C@]4(C)[C@@H](c5ccc6ccccc6c5)CC[C@H]4C34CC[C@]2(C1)O4. The molecule has 1 N–H and O–H groups in total. The number of rotatable bonds is 2. The molecule has 2 saturated carbocycles. The normalized spacial score (nSPS) is 39.2. The van der Waals surface area contributed by atoms with Gasteiger partial charge in [-0.05, 0) is 89.7 Å². The molecule has 4 heteroatoms. The van der Waals surface area contributed by atoms with Gasteiger partial charge in [-0.15, -0.1) is 0 Å². The van der Waals surface area contributed by atoms with Gasteiger partial charge in [0.05, 0.1) is 11.2 Å². The highest BCUT2D eigenvalue weighted by Gasteiger charge is 2.66. The fraction of sp³-hybridized carbons (Fsp3) is 0.516. The number of benzene rings is 2. The van der Waals surface area contributed by atoms with Gasteiger partial charge >= 0.3 is 6.09 Å². The molecule has 0 aromatic heterocycles. The first-order valence-electron chi connectivity index (χ1n) is 13.4. The van der Waals surface area contributed by atoms with E-state index >= 15 is 0 Å². The molecule has 5 aliphatic rings. The lowest BCUT2D eigenvalue weighted by Crippen LogP contribution is -2.54. The van der Waals surface area contributed by atoms with Crippen LogP contribution in [-0.4, -0.2) is 30.4 Å². The van der Waals surface area contributed by atoms with Crippen LogP contribution in [0.5, 0.6) is 0 Å². The number of allylic oxidation sites excluding steroid dienone is 1. The third-order valence-corrected chi connectivity index (χ3v) is 10.3. The van der Waals surface area contributed by atoms with Gasteiger partial charge < -0.3 is 14.8 Å². The predicted molar refractivity (Wildman–Crippen MR) is 137 cm³/mol. The van der Waals surface area contributed by atoms with E-state index < -0.39 is 0 Å². The van der Waals surface area contributed by atoms with E-state index in [-0.39, 0.29) is 28.8 Å². The standard InChI is InChI=1S/C31H35NO3/c1-29-14-13-24-18-23-9-10-25(34-28(33)32-2)19-30(23)15-16-31(24,35-30)27(29)12-11-26(29)22-8-7-20-5-3-4-6-21(20)17-22/h3-8,13,17-18,25-27H,9-12,14-16,19H2,1-2H3,(H,32,33)/t25-,26+,27+,29+,30+,31?/m0/s1. The summed E-state index contributed by atoms with van der Waals surface area (Å²) in [5, 5.41) is 5.27. The van der Waals surface area contributed by atoms with Crippen molar-refractivity contribution in [2.75, 3.05) is 7.05 Å². The molecule has 35 heavy (non-hydrogen) atoms. The van der Waals surface area contributed by atoms with E-state index in [0.29, 0.717) is 11.8 Å². The lowest BCUT2D eigenvalue weighted by molar-refractivity contribution is -0.144. The van der Waals surface area contributed by atoms with Gasteiger partial charge in [0.15, 0.2) is 0 Å². The van der Waals surface area contributed by atoms with Crippen molar-refractivity contribution in [2.24, 2.45) is 11.3 Å². The second-order valence-corrected chi connectivity index (χ2v) is 11.8. The minimum Gasteiger partial charge on any atom is -0.446 e. The van der Waals surface area contributed by atoms with E-state index in [4.69, 9.17) is 9.47 Å². The van der Waals surface area contributed by atoms with Gasteiger partial charge in [0.1, 0.15) is 6.10 Å². The summed E-state index contributed by atoms with van der Waals surface area (Å²) in [6.45, 7) is 2.53. The third kappa shape index (κ3) is 2.98. The first-order chi connectivity index (χ1) is 17.0. The van der Waals surface area contributed by atoms with Crippen molar-refractivity contribution < 1.29 is 14.3 Å². The topological polar surface area (TPSA) is 47.6 Å². The van der Waals surface area contributed by atoms with E-state index in [0.717, 1.165) is 38.5 Å². The van der Waals surface area contributed by atoms with E-state index in [1.807, 2.05) is 0 Å². The molecule has 182 valence electrons. The Morgan fingerprint density at radius 3 is 2.80 bits per heavy atom. The van der Waals surface area contributed by atoms with Crippen molar-refractivity contribution in [3.8, 4) is 0 Å². The quantitative estimate of drug-likeness (QED) is 0.526. The summed E-state index contributed by atoms with van der Waals surface area (Å²) < 4.78 is 13.0. The molecule has 3 fully saturated rings. The second-order valence-electron chi connectivity index (χ2n) is 11.8. The summed E-state index contributed by atoms with van der Waals surface area (Å²) in [5.74, 6) is 1.06. The van der Waals surface area contributed by atoms with Crippen LogP contribution in [0.4, 0.5) is 4.79 Å². The third-order valence-electron chi connectivity index (χ3n) is 10.3. The molecule has 2 bridgehead atoms. The van der Waals surface area contributed by atoms with Crippen molar-refractivity contribution in [3.63, 3.8) is 0 Å². The molecule has 3 aliphatic carbocycles. The van der Waals surface area contributed by atoms with E-state index in [1.165, 1.54) is 40.3 Å². The van der Waals surface area contributed by atoms with E-state index in [9.17, 15) is 4.79 Å². The lowest BCUT2D eigenvalue weighted by Gasteiger charge is -2.54. The Morgan fingerprint density at radius 1 is 1.09 bits per heavy atom. The summed E-state index contributed by atoms with van der Waals surface area (Å²) in [7, 11) is 1.63. The van der Waals surface area contributed by atoms with E-state index in [2.05, 4.69) is 66.9 Å². The summed E-state index contributed by atoms with van der Waals surface area (Å²) in [6, 6.07) is 15.8. The highest BCUT2D eigenvalue weighted by Crippen LogP contribution is 2.69. The van der Waals surface area contributed by atoms with Crippen molar-refractivity contribution in [1.82, 2.24) is 5.32 Å². The minimum absolute atomic E-state index is 0.0725. The van der Waals surface area contributed by atoms with Gasteiger partial charge in [0, 0.05) is 13.5 Å². The molecule has 7 rings (SSSR count). The maximum absolute atomic E-state index is 11.9. The highest BCUT2D eigenvalue weighted by atomic mass is 16.6. The molecule has 2 aromatic carbocycles.